The van der Waals surface area contributed by atoms with E-state index in [0.717, 1.165) is 28.6 Å². The maximum atomic E-state index is 9.62. The van der Waals surface area contributed by atoms with E-state index in [2.05, 4.69) is 65.2 Å². The second-order valence-electron chi connectivity index (χ2n) is 7.22. The minimum Gasteiger partial charge on any atom is -0.423 e. The summed E-state index contributed by atoms with van der Waals surface area (Å²) in [5.74, 6) is 0. The first-order valence-corrected chi connectivity index (χ1v) is 9.57. The molecule has 0 saturated heterocycles. The zero-order chi connectivity index (χ0) is 19.1. The average Bonchev–Trinajstić information content (AvgIpc) is 3.08. The van der Waals surface area contributed by atoms with Crippen molar-refractivity contribution < 1.29 is 10.0 Å². The van der Waals surface area contributed by atoms with Crippen molar-refractivity contribution in [3.8, 4) is 16.8 Å². The van der Waals surface area contributed by atoms with Crippen LogP contribution in [0.1, 0.15) is 17.7 Å². The Kier molecular flexibility index (Phi) is 4.16. The van der Waals surface area contributed by atoms with E-state index >= 15 is 0 Å². The fourth-order valence-corrected chi connectivity index (χ4v) is 4.18. The predicted octanol–water partition coefficient (Wildman–Crippen LogP) is 4.64. The van der Waals surface area contributed by atoms with Gasteiger partial charge in [-0.25, -0.2) is 0 Å². The quantitative estimate of drug-likeness (QED) is 0.520. The third-order valence-corrected chi connectivity index (χ3v) is 5.56. The van der Waals surface area contributed by atoms with Gasteiger partial charge in [0.15, 0.2) is 0 Å². The van der Waals surface area contributed by atoms with Crippen molar-refractivity contribution in [2.75, 3.05) is 0 Å². The van der Waals surface area contributed by atoms with Crippen LogP contribution < -0.4 is 0 Å². The molecule has 1 aromatic heterocycles. The molecule has 0 aliphatic heterocycles. The van der Waals surface area contributed by atoms with Gasteiger partial charge in [0, 0.05) is 22.3 Å². The standard InChI is InChI=1S/C24H20BNO2/c27-25(28)19-12-15-24-22(16-19)21-8-4-5-9-23(21)26(24)20-13-10-18(11-14-20)17-6-2-1-3-7-17/h1-11,13-14,16,27-28H,12,15H2. The monoisotopic (exact) mass is 365 g/mol. The molecule has 3 aromatic carbocycles. The van der Waals surface area contributed by atoms with Crippen LogP contribution in [-0.4, -0.2) is 21.7 Å². The van der Waals surface area contributed by atoms with E-state index in [-0.39, 0.29) is 0 Å². The number of rotatable bonds is 3. The van der Waals surface area contributed by atoms with Crippen LogP contribution in [0.3, 0.4) is 0 Å². The molecule has 0 radical (unpaired) electrons. The summed E-state index contributed by atoms with van der Waals surface area (Å²) in [6.07, 6.45) is 3.39. The number of benzene rings is 3. The van der Waals surface area contributed by atoms with Crippen LogP contribution in [0.5, 0.6) is 0 Å². The van der Waals surface area contributed by atoms with Crippen LogP contribution in [0.25, 0.3) is 33.8 Å². The molecule has 136 valence electrons. The van der Waals surface area contributed by atoms with Crippen molar-refractivity contribution in [2.24, 2.45) is 0 Å². The van der Waals surface area contributed by atoms with E-state index in [1.807, 2.05) is 24.3 Å². The van der Waals surface area contributed by atoms with E-state index < -0.39 is 7.12 Å². The summed E-state index contributed by atoms with van der Waals surface area (Å²) in [7, 11) is -1.39. The number of fused-ring (bicyclic) bond motifs is 3. The molecular weight excluding hydrogens is 345 g/mol. The first kappa shape index (κ1) is 17.1. The van der Waals surface area contributed by atoms with Crippen molar-refractivity contribution in [3.63, 3.8) is 0 Å². The zero-order valence-corrected chi connectivity index (χ0v) is 15.4. The maximum absolute atomic E-state index is 9.62. The molecule has 1 aliphatic carbocycles. The number of para-hydroxylation sites is 1. The maximum Gasteiger partial charge on any atom is 0.484 e. The number of aromatic nitrogens is 1. The molecule has 1 aliphatic rings. The molecule has 3 nitrogen and oxygen atoms in total. The van der Waals surface area contributed by atoms with Gasteiger partial charge in [-0.3, -0.25) is 0 Å². The van der Waals surface area contributed by atoms with Gasteiger partial charge in [-0.05, 0) is 47.6 Å². The lowest BCUT2D eigenvalue weighted by Crippen LogP contribution is -2.18. The lowest BCUT2D eigenvalue weighted by atomic mass is 9.73. The fourth-order valence-electron chi connectivity index (χ4n) is 4.18. The smallest absolute Gasteiger partial charge is 0.423 e. The van der Waals surface area contributed by atoms with Crippen molar-refractivity contribution >= 4 is 24.1 Å². The molecule has 0 spiro atoms. The first-order chi connectivity index (χ1) is 13.7. The third-order valence-electron chi connectivity index (χ3n) is 5.56. The Bertz CT molecular complexity index is 1170. The largest absolute Gasteiger partial charge is 0.484 e. The Morgan fingerprint density at radius 1 is 0.714 bits per heavy atom. The molecule has 0 fully saturated rings. The molecular formula is C24H20BNO2. The third kappa shape index (κ3) is 2.78. The summed E-state index contributed by atoms with van der Waals surface area (Å²) < 4.78 is 2.30. The van der Waals surface area contributed by atoms with Gasteiger partial charge in [-0.2, -0.15) is 0 Å². The Morgan fingerprint density at radius 3 is 2.14 bits per heavy atom. The summed E-state index contributed by atoms with van der Waals surface area (Å²) in [6, 6.07) is 27.3. The minimum absolute atomic E-state index is 0.656. The van der Waals surface area contributed by atoms with E-state index in [1.165, 1.54) is 16.8 Å². The van der Waals surface area contributed by atoms with Crippen molar-refractivity contribution in [1.82, 2.24) is 4.57 Å². The normalized spacial score (nSPS) is 13.3. The zero-order valence-electron chi connectivity index (χ0n) is 15.4. The van der Waals surface area contributed by atoms with Crippen molar-refractivity contribution in [2.45, 2.75) is 12.8 Å². The summed E-state index contributed by atoms with van der Waals surface area (Å²) >= 11 is 0. The van der Waals surface area contributed by atoms with Crippen molar-refractivity contribution in [3.05, 3.63) is 95.6 Å². The van der Waals surface area contributed by atoms with Crippen LogP contribution in [0.4, 0.5) is 0 Å². The van der Waals surface area contributed by atoms with Crippen LogP contribution >= 0.6 is 0 Å². The van der Waals surface area contributed by atoms with Gasteiger partial charge >= 0.3 is 7.12 Å². The summed E-state index contributed by atoms with van der Waals surface area (Å²) in [5.41, 5.74) is 7.66. The van der Waals surface area contributed by atoms with Gasteiger partial charge < -0.3 is 14.6 Å². The summed E-state index contributed by atoms with van der Waals surface area (Å²) in [4.78, 5) is 0. The molecule has 0 bridgehead atoms. The fraction of sp³-hybridized carbons (Fsp3) is 0.0833. The van der Waals surface area contributed by atoms with Crippen molar-refractivity contribution in [1.29, 1.82) is 0 Å². The second-order valence-corrected chi connectivity index (χ2v) is 7.22. The molecule has 4 heteroatoms. The molecule has 4 aromatic rings. The number of hydrogen-bond acceptors (Lipinski definition) is 2. The topological polar surface area (TPSA) is 45.4 Å². The molecule has 28 heavy (non-hydrogen) atoms. The highest BCUT2D eigenvalue weighted by molar-refractivity contribution is 6.52. The highest BCUT2D eigenvalue weighted by atomic mass is 16.4. The summed E-state index contributed by atoms with van der Waals surface area (Å²) in [5, 5.41) is 20.4. The van der Waals surface area contributed by atoms with Crippen LogP contribution in [0.15, 0.2) is 84.3 Å². The minimum atomic E-state index is -1.39. The van der Waals surface area contributed by atoms with Gasteiger partial charge in [-0.15, -0.1) is 0 Å². The lowest BCUT2D eigenvalue weighted by Gasteiger charge is -2.17. The molecule has 0 atom stereocenters. The van der Waals surface area contributed by atoms with Gasteiger partial charge in [0.2, 0.25) is 0 Å². The Labute approximate surface area is 164 Å². The van der Waals surface area contributed by atoms with Crippen LogP contribution in [0.2, 0.25) is 0 Å². The Balaban J connectivity index is 1.66. The van der Waals surface area contributed by atoms with Crippen LogP contribution in [0, 0.1) is 0 Å². The van der Waals surface area contributed by atoms with E-state index in [9.17, 15) is 10.0 Å². The molecule has 0 amide bonds. The number of allylic oxidation sites excluding steroid dienone is 1. The molecule has 2 N–H and O–H groups in total. The van der Waals surface area contributed by atoms with Crippen LogP contribution in [-0.2, 0) is 6.42 Å². The number of nitrogens with zero attached hydrogens (tertiary/aromatic N) is 1. The van der Waals surface area contributed by atoms with Gasteiger partial charge in [0.05, 0.1) is 5.52 Å². The van der Waals surface area contributed by atoms with Gasteiger partial charge in [0.1, 0.15) is 0 Å². The lowest BCUT2D eigenvalue weighted by molar-refractivity contribution is 0.416. The number of hydrogen-bond donors (Lipinski definition) is 2. The average molecular weight is 365 g/mol. The Morgan fingerprint density at radius 2 is 1.39 bits per heavy atom. The second kappa shape index (κ2) is 6.82. The molecule has 5 rings (SSSR count). The highest BCUT2D eigenvalue weighted by Gasteiger charge is 2.25. The molecule has 0 unspecified atom stereocenters. The SMILES string of the molecule is OB(O)C1=Cc2c(n(-c3ccc(-c4ccccc4)cc3)c3ccccc23)CC1. The summed E-state index contributed by atoms with van der Waals surface area (Å²) in [6.45, 7) is 0. The first-order valence-electron chi connectivity index (χ1n) is 9.57. The molecule has 1 heterocycles. The van der Waals surface area contributed by atoms with E-state index in [0.29, 0.717) is 11.9 Å². The molecule has 0 saturated carbocycles. The predicted molar refractivity (Wildman–Crippen MR) is 115 cm³/mol. The van der Waals surface area contributed by atoms with Gasteiger partial charge in [-0.1, -0.05) is 66.7 Å². The highest BCUT2D eigenvalue weighted by Crippen LogP contribution is 2.36. The van der Waals surface area contributed by atoms with E-state index in [4.69, 9.17) is 0 Å². The Hall–Kier alpha value is -3.08. The van der Waals surface area contributed by atoms with Gasteiger partial charge in [0.25, 0.3) is 0 Å². The van der Waals surface area contributed by atoms with E-state index in [1.54, 1.807) is 0 Å².